The van der Waals surface area contributed by atoms with E-state index in [0.29, 0.717) is 28.4 Å². The van der Waals surface area contributed by atoms with E-state index in [2.05, 4.69) is 28.6 Å². The van der Waals surface area contributed by atoms with Crippen LogP contribution in [0.1, 0.15) is 68.9 Å². The van der Waals surface area contributed by atoms with Gasteiger partial charge in [-0.15, -0.1) is 0 Å². The molecule has 0 bridgehead atoms. The van der Waals surface area contributed by atoms with Crippen molar-refractivity contribution in [1.82, 2.24) is 4.98 Å². The van der Waals surface area contributed by atoms with Crippen molar-refractivity contribution in [2.75, 3.05) is 10.6 Å². The van der Waals surface area contributed by atoms with E-state index in [1.807, 2.05) is 6.08 Å². The average Bonchev–Trinajstić information content (AvgIpc) is 3.35. The summed E-state index contributed by atoms with van der Waals surface area (Å²) in [5.74, 6) is -1.08. The Balaban J connectivity index is 1.41. The van der Waals surface area contributed by atoms with Crippen LogP contribution in [-0.4, -0.2) is 27.9 Å². The third kappa shape index (κ3) is 3.93. The van der Waals surface area contributed by atoms with Crippen LogP contribution in [0.15, 0.2) is 48.5 Å². The SMILES string of the molecule is CC1CCCc2[nH]c(C=C3C(=O)Nc4ccc(NC(=O)c5ccc(C(=O)O)cc5)cc43)cc21. The molecule has 4 N–H and O–H groups in total. The van der Waals surface area contributed by atoms with Gasteiger partial charge in [0, 0.05) is 33.9 Å². The number of aromatic amines is 1. The molecule has 1 unspecified atom stereocenters. The van der Waals surface area contributed by atoms with E-state index < -0.39 is 5.97 Å². The van der Waals surface area contributed by atoms with Gasteiger partial charge >= 0.3 is 5.97 Å². The van der Waals surface area contributed by atoms with Crippen LogP contribution in [0.4, 0.5) is 11.4 Å². The van der Waals surface area contributed by atoms with Gasteiger partial charge < -0.3 is 20.7 Å². The van der Waals surface area contributed by atoms with Crippen LogP contribution in [0.25, 0.3) is 11.6 Å². The number of amides is 2. The summed E-state index contributed by atoms with van der Waals surface area (Å²) in [6, 6.07) is 13.1. The predicted molar refractivity (Wildman–Crippen MR) is 126 cm³/mol. The van der Waals surface area contributed by atoms with Crippen LogP contribution in [0.3, 0.4) is 0 Å². The van der Waals surface area contributed by atoms with E-state index in [0.717, 1.165) is 24.1 Å². The first kappa shape index (κ1) is 20.8. The lowest BCUT2D eigenvalue weighted by atomic mass is 9.88. The highest BCUT2D eigenvalue weighted by Crippen LogP contribution is 2.37. The number of rotatable bonds is 4. The minimum Gasteiger partial charge on any atom is -0.478 e. The van der Waals surface area contributed by atoms with Gasteiger partial charge in [0.2, 0.25) is 0 Å². The van der Waals surface area contributed by atoms with Gasteiger partial charge in [-0.25, -0.2) is 4.79 Å². The lowest BCUT2D eigenvalue weighted by molar-refractivity contribution is -0.110. The highest BCUT2D eigenvalue weighted by Gasteiger charge is 2.26. The number of carbonyl (C=O) groups is 3. The maximum atomic E-state index is 12.7. The van der Waals surface area contributed by atoms with E-state index in [4.69, 9.17) is 5.11 Å². The molecule has 5 rings (SSSR count). The fraction of sp³-hybridized carbons (Fsp3) is 0.192. The van der Waals surface area contributed by atoms with Crippen molar-refractivity contribution in [3.8, 4) is 0 Å². The minimum atomic E-state index is -1.05. The summed E-state index contributed by atoms with van der Waals surface area (Å²) >= 11 is 0. The molecule has 1 atom stereocenters. The number of aromatic carboxylic acids is 1. The number of fused-ring (bicyclic) bond motifs is 2. The first-order chi connectivity index (χ1) is 15.9. The van der Waals surface area contributed by atoms with E-state index >= 15 is 0 Å². The van der Waals surface area contributed by atoms with Crippen LogP contribution in [-0.2, 0) is 11.2 Å². The normalized spacial score (nSPS) is 17.9. The Hall–Kier alpha value is -4.13. The Morgan fingerprint density at radius 2 is 1.85 bits per heavy atom. The van der Waals surface area contributed by atoms with Gasteiger partial charge in [-0.1, -0.05) is 6.92 Å². The second-order valence-electron chi connectivity index (χ2n) is 8.56. The lowest BCUT2D eigenvalue weighted by Gasteiger charge is -2.17. The summed E-state index contributed by atoms with van der Waals surface area (Å²) in [5.41, 5.74) is 6.43. The lowest BCUT2D eigenvalue weighted by Crippen LogP contribution is -2.12. The van der Waals surface area contributed by atoms with Gasteiger partial charge in [0.1, 0.15) is 0 Å². The van der Waals surface area contributed by atoms with Crippen molar-refractivity contribution in [2.24, 2.45) is 0 Å². The molecule has 33 heavy (non-hydrogen) atoms. The molecular formula is C26H23N3O4. The summed E-state index contributed by atoms with van der Waals surface area (Å²) in [4.78, 5) is 39.7. The Labute approximate surface area is 190 Å². The predicted octanol–water partition coefficient (Wildman–Crippen LogP) is 4.90. The van der Waals surface area contributed by atoms with Crippen molar-refractivity contribution in [3.63, 3.8) is 0 Å². The van der Waals surface area contributed by atoms with E-state index in [9.17, 15) is 14.4 Å². The van der Waals surface area contributed by atoms with Crippen molar-refractivity contribution in [2.45, 2.75) is 32.1 Å². The Kier molecular flexibility index (Phi) is 5.09. The fourth-order valence-electron chi connectivity index (χ4n) is 4.53. The zero-order valence-corrected chi connectivity index (χ0v) is 18.1. The number of hydrogen-bond donors (Lipinski definition) is 4. The zero-order chi connectivity index (χ0) is 23.1. The third-order valence-electron chi connectivity index (χ3n) is 6.30. The molecule has 2 aromatic carbocycles. The van der Waals surface area contributed by atoms with Gasteiger partial charge in [-0.2, -0.15) is 0 Å². The van der Waals surface area contributed by atoms with Gasteiger partial charge in [0.25, 0.3) is 11.8 Å². The summed E-state index contributed by atoms with van der Waals surface area (Å²) in [6.45, 7) is 2.23. The Morgan fingerprint density at radius 1 is 1.09 bits per heavy atom. The number of H-pyrrole nitrogens is 1. The molecular weight excluding hydrogens is 418 g/mol. The smallest absolute Gasteiger partial charge is 0.335 e. The van der Waals surface area contributed by atoms with Gasteiger partial charge in [-0.05, 0) is 85.4 Å². The molecule has 0 saturated heterocycles. The maximum absolute atomic E-state index is 12.7. The monoisotopic (exact) mass is 441 g/mol. The average molecular weight is 441 g/mol. The second kappa shape index (κ2) is 8.09. The number of nitrogens with one attached hydrogen (secondary N) is 3. The number of carbonyl (C=O) groups excluding carboxylic acids is 2. The number of anilines is 2. The molecule has 0 fully saturated rings. The molecule has 1 aliphatic heterocycles. The van der Waals surface area contributed by atoms with Crippen LogP contribution in [0, 0.1) is 0 Å². The van der Waals surface area contributed by atoms with Gasteiger partial charge in [0.05, 0.1) is 11.1 Å². The number of aryl methyl sites for hydroxylation is 1. The van der Waals surface area contributed by atoms with E-state index in [1.54, 1.807) is 18.2 Å². The third-order valence-corrected chi connectivity index (χ3v) is 6.30. The summed E-state index contributed by atoms with van der Waals surface area (Å²) in [7, 11) is 0. The molecule has 0 radical (unpaired) electrons. The van der Waals surface area contributed by atoms with Crippen molar-refractivity contribution < 1.29 is 19.5 Å². The summed E-state index contributed by atoms with van der Waals surface area (Å²) in [5, 5.41) is 14.7. The largest absolute Gasteiger partial charge is 0.478 e. The molecule has 0 spiro atoms. The Morgan fingerprint density at radius 3 is 2.58 bits per heavy atom. The van der Waals surface area contributed by atoms with Crippen molar-refractivity contribution >= 4 is 40.8 Å². The number of hydrogen-bond acceptors (Lipinski definition) is 3. The molecule has 166 valence electrons. The molecule has 2 heterocycles. The summed E-state index contributed by atoms with van der Waals surface area (Å²) in [6.07, 6.45) is 5.22. The number of aromatic nitrogens is 1. The van der Waals surface area contributed by atoms with Crippen molar-refractivity contribution in [3.05, 3.63) is 82.2 Å². The van der Waals surface area contributed by atoms with Gasteiger partial charge in [0.15, 0.2) is 0 Å². The number of carboxylic acid groups (broad SMARTS) is 1. The molecule has 1 aromatic heterocycles. The summed E-state index contributed by atoms with van der Waals surface area (Å²) < 4.78 is 0. The molecule has 2 amide bonds. The second-order valence-corrected chi connectivity index (χ2v) is 8.56. The molecule has 2 aliphatic rings. The molecule has 0 saturated carbocycles. The number of benzene rings is 2. The van der Waals surface area contributed by atoms with E-state index in [-0.39, 0.29) is 17.4 Å². The van der Waals surface area contributed by atoms with Crippen LogP contribution >= 0.6 is 0 Å². The first-order valence-electron chi connectivity index (χ1n) is 10.9. The van der Waals surface area contributed by atoms with Crippen molar-refractivity contribution in [1.29, 1.82) is 0 Å². The molecule has 7 nitrogen and oxygen atoms in total. The highest BCUT2D eigenvalue weighted by atomic mass is 16.4. The van der Waals surface area contributed by atoms with Crippen LogP contribution in [0.5, 0.6) is 0 Å². The molecule has 7 heteroatoms. The highest BCUT2D eigenvalue weighted by molar-refractivity contribution is 6.35. The topological polar surface area (TPSA) is 111 Å². The first-order valence-corrected chi connectivity index (χ1v) is 10.9. The maximum Gasteiger partial charge on any atom is 0.335 e. The van der Waals surface area contributed by atoms with Gasteiger partial charge in [-0.3, -0.25) is 9.59 Å². The minimum absolute atomic E-state index is 0.115. The van der Waals surface area contributed by atoms with Crippen LogP contribution < -0.4 is 10.6 Å². The van der Waals surface area contributed by atoms with E-state index in [1.165, 1.54) is 41.9 Å². The quantitative estimate of drug-likeness (QED) is 0.432. The Bertz CT molecular complexity index is 1320. The zero-order valence-electron chi connectivity index (χ0n) is 18.1. The molecule has 1 aliphatic carbocycles. The molecule has 3 aromatic rings. The standard InChI is InChI=1S/C26H23N3O4/c1-14-3-2-4-22-19(14)12-18(27-22)13-21-20-11-17(9-10-23(20)29-25(21)31)28-24(30)15-5-7-16(8-6-15)26(32)33/h5-14,27H,2-4H2,1H3,(H,28,30)(H,29,31)(H,32,33). The van der Waals surface area contributed by atoms with Crippen LogP contribution in [0.2, 0.25) is 0 Å². The number of carboxylic acids is 1. The fourth-order valence-corrected chi connectivity index (χ4v) is 4.53.